The molecule has 0 aromatic rings. The van der Waals surface area contributed by atoms with Gasteiger partial charge < -0.3 is 9.05 Å². The van der Waals surface area contributed by atoms with E-state index < -0.39 is 7.60 Å². The van der Waals surface area contributed by atoms with Crippen LogP contribution in [-0.2, 0) is 13.6 Å². The van der Waals surface area contributed by atoms with E-state index in [-0.39, 0.29) is 6.10 Å². The van der Waals surface area contributed by atoms with E-state index in [2.05, 4.69) is 13.8 Å². The van der Waals surface area contributed by atoms with Gasteiger partial charge in [0.25, 0.3) is 0 Å². The molecule has 0 amide bonds. The van der Waals surface area contributed by atoms with Gasteiger partial charge in [-0.1, -0.05) is 13.8 Å². The maximum atomic E-state index is 11.4. The molecule has 2 atom stereocenters. The SMILES string of the molecule is COP(C)(=O)OC(C)CCC(C)C. The normalized spacial score (nSPS) is 18.6. The van der Waals surface area contributed by atoms with Gasteiger partial charge in [0, 0.05) is 13.8 Å². The van der Waals surface area contributed by atoms with Crippen LogP contribution in [0.3, 0.4) is 0 Å². The molecular formula is C9H21O3P. The molecule has 0 saturated carbocycles. The Hall–Kier alpha value is 0.150. The van der Waals surface area contributed by atoms with Gasteiger partial charge in [0.15, 0.2) is 0 Å². The fraction of sp³-hybridized carbons (Fsp3) is 1.00. The van der Waals surface area contributed by atoms with Crippen LogP contribution in [0.5, 0.6) is 0 Å². The van der Waals surface area contributed by atoms with Gasteiger partial charge in [0.2, 0.25) is 0 Å². The Labute approximate surface area is 81.3 Å². The minimum atomic E-state index is -2.79. The van der Waals surface area contributed by atoms with E-state index >= 15 is 0 Å². The van der Waals surface area contributed by atoms with E-state index in [0.717, 1.165) is 12.8 Å². The van der Waals surface area contributed by atoms with E-state index in [9.17, 15) is 4.57 Å². The molecule has 0 aromatic carbocycles. The molecule has 0 bridgehead atoms. The third-order valence-electron chi connectivity index (χ3n) is 1.85. The minimum absolute atomic E-state index is 0.0122. The first kappa shape index (κ1) is 13.2. The van der Waals surface area contributed by atoms with Gasteiger partial charge >= 0.3 is 7.60 Å². The highest BCUT2D eigenvalue weighted by Crippen LogP contribution is 2.44. The van der Waals surface area contributed by atoms with Crippen LogP contribution in [0.1, 0.15) is 33.6 Å². The predicted octanol–water partition coefficient (Wildman–Crippen LogP) is 3.30. The van der Waals surface area contributed by atoms with Gasteiger partial charge in [-0.2, -0.15) is 0 Å². The highest BCUT2D eigenvalue weighted by atomic mass is 31.2. The molecule has 0 spiro atoms. The van der Waals surface area contributed by atoms with Crippen LogP contribution in [-0.4, -0.2) is 19.9 Å². The molecule has 0 rings (SSSR count). The zero-order chi connectivity index (χ0) is 10.5. The zero-order valence-corrected chi connectivity index (χ0v) is 10.1. The quantitative estimate of drug-likeness (QED) is 0.628. The van der Waals surface area contributed by atoms with Crippen molar-refractivity contribution in [3.05, 3.63) is 0 Å². The van der Waals surface area contributed by atoms with Crippen molar-refractivity contribution in [1.29, 1.82) is 0 Å². The van der Waals surface area contributed by atoms with Crippen molar-refractivity contribution in [1.82, 2.24) is 0 Å². The van der Waals surface area contributed by atoms with E-state index in [1.54, 1.807) is 0 Å². The fourth-order valence-corrected chi connectivity index (χ4v) is 1.84. The predicted molar refractivity (Wildman–Crippen MR) is 55.2 cm³/mol. The number of rotatable bonds is 6. The molecule has 0 aliphatic heterocycles. The second-order valence-electron chi connectivity index (χ2n) is 3.84. The number of hydrogen-bond donors (Lipinski definition) is 0. The van der Waals surface area contributed by atoms with Gasteiger partial charge in [-0.3, -0.25) is 4.57 Å². The maximum absolute atomic E-state index is 11.4. The molecule has 2 unspecified atom stereocenters. The van der Waals surface area contributed by atoms with Crippen molar-refractivity contribution < 1.29 is 13.6 Å². The number of hydrogen-bond acceptors (Lipinski definition) is 3. The van der Waals surface area contributed by atoms with Crippen LogP contribution in [0.2, 0.25) is 0 Å². The van der Waals surface area contributed by atoms with Crippen molar-refractivity contribution in [3.8, 4) is 0 Å². The van der Waals surface area contributed by atoms with Crippen LogP contribution in [0.15, 0.2) is 0 Å². The largest absolute Gasteiger partial charge is 0.327 e. The smallest absolute Gasteiger partial charge is 0.312 e. The lowest BCUT2D eigenvalue weighted by molar-refractivity contribution is 0.164. The van der Waals surface area contributed by atoms with Gasteiger partial charge in [-0.05, 0) is 25.7 Å². The first-order valence-electron chi connectivity index (χ1n) is 4.69. The van der Waals surface area contributed by atoms with Crippen LogP contribution in [0, 0.1) is 5.92 Å². The van der Waals surface area contributed by atoms with Crippen LogP contribution >= 0.6 is 7.60 Å². The third-order valence-corrected chi connectivity index (χ3v) is 3.26. The lowest BCUT2D eigenvalue weighted by Crippen LogP contribution is -2.08. The standard InChI is InChI=1S/C9H21O3P/c1-8(2)6-7-9(3)12-13(5,10)11-4/h8-9H,6-7H2,1-5H3. The van der Waals surface area contributed by atoms with Crippen molar-refractivity contribution in [2.45, 2.75) is 39.7 Å². The molecule has 80 valence electrons. The van der Waals surface area contributed by atoms with Gasteiger partial charge in [0.1, 0.15) is 0 Å². The molecule has 3 nitrogen and oxygen atoms in total. The van der Waals surface area contributed by atoms with Gasteiger partial charge in [-0.25, -0.2) is 0 Å². The van der Waals surface area contributed by atoms with Crippen LogP contribution in [0.4, 0.5) is 0 Å². The second kappa shape index (κ2) is 5.79. The summed E-state index contributed by atoms with van der Waals surface area (Å²) in [4.78, 5) is 0. The summed E-state index contributed by atoms with van der Waals surface area (Å²) in [6.07, 6.45) is 2.03. The van der Waals surface area contributed by atoms with Crippen molar-refractivity contribution >= 4 is 7.60 Å². The molecule has 0 fully saturated rings. The zero-order valence-electron chi connectivity index (χ0n) is 9.24. The average molecular weight is 208 g/mol. The average Bonchev–Trinajstić information content (AvgIpc) is 2.00. The molecule has 0 aliphatic carbocycles. The monoisotopic (exact) mass is 208 g/mol. The summed E-state index contributed by atoms with van der Waals surface area (Å²) < 4.78 is 21.4. The molecule has 0 saturated heterocycles. The summed E-state index contributed by atoms with van der Waals surface area (Å²) >= 11 is 0. The molecule has 0 heterocycles. The summed E-state index contributed by atoms with van der Waals surface area (Å²) in [6, 6.07) is 0. The van der Waals surface area contributed by atoms with E-state index in [1.165, 1.54) is 13.8 Å². The minimum Gasteiger partial charge on any atom is -0.312 e. The van der Waals surface area contributed by atoms with E-state index in [1.807, 2.05) is 6.92 Å². The van der Waals surface area contributed by atoms with Gasteiger partial charge in [-0.15, -0.1) is 0 Å². The first-order valence-corrected chi connectivity index (χ1v) is 6.68. The first-order chi connectivity index (χ1) is 5.87. The Morgan fingerprint density at radius 1 is 1.23 bits per heavy atom. The van der Waals surface area contributed by atoms with Crippen molar-refractivity contribution in [2.75, 3.05) is 13.8 Å². The van der Waals surface area contributed by atoms with E-state index in [4.69, 9.17) is 9.05 Å². The Morgan fingerprint density at radius 3 is 2.15 bits per heavy atom. The highest BCUT2D eigenvalue weighted by Gasteiger charge is 2.18. The molecule has 0 N–H and O–H groups in total. The third kappa shape index (κ3) is 7.24. The Balaban J connectivity index is 3.74. The molecule has 0 aromatic heterocycles. The fourth-order valence-electron chi connectivity index (χ4n) is 0.991. The van der Waals surface area contributed by atoms with Crippen LogP contribution < -0.4 is 0 Å². The Kier molecular flexibility index (Phi) is 5.86. The molecule has 0 aliphatic rings. The molecule has 4 heteroatoms. The lowest BCUT2D eigenvalue weighted by atomic mass is 10.1. The maximum Gasteiger partial charge on any atom is 0.327 e. The summed E-state index contributed by atoms with van der Waals surface area (Å²) in [5.74, 6) is 0.657. The molecular weight excluding hydrogens is 187 g/mol. The Morgan fingerprint density at radius 2 is 1.77 bits per heavy atom. The molecule has 0 radical (unpaired) electrons. The highest BCUT2D eigenvalue weighted by molar-refractivity contribution is 7.52. The Bertz CT molecular complexity index is 180. The van der Waals surface area contributed by atoms with E-state index in [0.29, 0.717) is 5.92 Å². The summed E-state index contributed by atoms with van der Waals surface area (Å²) in [7, 11) is -1.38. The summed E-state index contributed by atoms with van der Waals surface area (Å²) in [5, 5.41) is 0. The lowest BCUT2D eigenvalue weighted by Gasteiger charge is -2.18. The van der Waals surface area contributed by atoms with Gasteiger partial charge in [0.05, 0.1) is 6.10 Å². The van der Waals surface area contributed by atoms with Crippen LogP contribution in [0.25, 0.3) is 0 Å². The summed E-state index contributed by atoms with van der Waals surface area (Å²) in [5.41, 5.74) is 0. The molecule has 13 heavy (non-hydrogen) atoms. The van der Waals surface area contributed by atoms with Crippen molar-refractivity contribution in [2.24, 2.45) is 5.92 Å². The van der Waals surface area contributed by atoms with Crippen molar-refractivity contribution in [3.63, 3.8) is 0 Å². The topological polar surface area (TPSA) is 35.5 Å². The second-order valence-corrected chi connectivity index (χ2v) is 5.96. The summed E-state index contributed by atoms with van der Waals surface area (Å²) in [6.45, 7) is 7.75.